The minimum Gasteiger partial charge on any atom is -0.345 e. The van der Waals surface area contributed by atoms with Crippen LogP contribution in [0, 0.1) is 5.82 Å². The Kier molecular flexibility index (Phi) is 4.78. The molecule has 20 heavy (non-hydrogen) atoms. The maximum absolute atomic E-state index is 13.0. The average Bonchev–Trinajstić information content (AvgIpc) is 2.39. The van der Waals surface area contributed by atoms with Crippen LogP contribution in [-0.2, 0) is 0 Å². The Labute approximate surface area is 130 Å². The number of nitrogens with one attached hydrogen (secondary N) is 1. The Bertz CT molecular complexity index is 630. The Morgan fingerprint density at radius 1 is 1.25 bits per heavy atom. The molecule has 0 aliphatic rings. The summed E-state index contributed by atoms with van der Waals surface area (Å²) < 4.78 is 13.9. The van der Waals surface area contributed by atoms with Crippen LogP contribution in [-0.4, -0.2) is 5.91 Å². The molecule has 0 fully saturated rings. The predicted molar refractivity (Wildman–Crippen MR) is 81.4 cm³/mol. The fourth-order valence-electron chi connectivity index (χ4n) is 1.78. The van der Waals surface area contributed by atoms with E-state index in [1.807, 2.05) is 31.2 Å². The second-order valence-corrected chi connectivity index (χ2v) is 5.69. The van der Waals surface area contributed by atoms with Crippen LogP contribution in [0.25, 0.3) is 0 Å². The molecule has 5 heteroatoms. The molecule has 2 rings (SSSR count). The smallest absolute Gasteiger partial charge is 0.253 e. The van der Waals surface area contributed by atoms with Crippen molar-refractivity contribution in [3.8, 4) is 0 Å². The molecular formula is C15H12BrClFNO. The van der Waals surface area contributed by atoms with Crippen LogP contribution in [0.2, 0.25) is 5.02 Å². The molecule has 2 nitrogen and oxygen atoms in total. The third kappa shape index (κ3) is 3.58. The third-order valence-electron chi connectivity index (χ3n) is 2.89. The Balaban J connectivity index is 2.13. The Hall–Kier alpha value is -1.39. The van der Waals surface area contributed by atoms with Gasteiger partial charge < -0.3 is 5.32 Å². The van der Waals surface area contributed by atoms with Gasteiger partial charge in [-0.1, -0.05) is 39.7 Å². The van der Waals surface area contributed by atoms with Crippen molar-refractivity contribution in [3.05, 3.63) is 68.9 Å². The molecule has 1 N–H and O–H groups in total. The molecule has 0 aliphatic heterocycles. The van der Waals surface area contributed by atoms with Gasteiger partial charge in [0.15, 0.2) is 0 Å². The van der Waals surface area contributed by atoms with Gasteiger partial charge in [0.1, 0.15) is 5.82 Å². The molecule has 0 radical (unpaired) electrons. The van der Waals surface area contributed by atoms with E-state index in [0.717, 1.165) is 16.1 Å². The minimum atomic E-state index is -0.465. The normalized spacial score (nSPS) is 12.0. The molecule has 0 saturated heterocycles. The van der Waals surface area contributed by atoms with Gasteiger partial charge in [-0.25, -0.2) is 4.39 Å². The maximum Gasteiger partial charge on any atom is 0.253 e. The lowest BCUT2D eigenvalue weighted by atomic mass is 10.1. The van der Waals surface area contributed by atoms with Crippen LogP contribution >= 0.6 is 27.5 Å². The number of halogens is 3. The zero-order valence-corrected chi connectivity index (χ0v) is 13.0. The van der Waals surface area contributed by atoms with E-state index in [1.165, 1.54) is 12.1 Å². The molecule has 0 bridgehead atoms. The summed E-state index contributed by atoms with van der Waals surface area (Å²) in [4.78, 5) is 12.1. The zero-order chi connectivity index (χ0) is 14.7. The number of carbonyl (C=O) groups is 1. The first kappa shape index (κ1) is 15.0. The molecule has 0 spiro atoms. The van der Waals surface area contributed by atoms with Gasteiger partial charge in [-0.15, -0.1) is 0 Å². The van der Waals surface area contributed by atoms with E-state index in [1.54, 1.807) is 0 Å². The molecule has 0 heterocycles. The van der Waals surface area contributed by atoms with Crippen LogP contribution in [0.4, 0.5) is 4.39 Å². The van der Waals surface area contributed by atoms with Crippen molar-refractivity contribution in [2.24, 2.45) is 0 Å². The highest BCUT2D eigenvalue weighted by Crippen LogP contribution is 2.20. The van der Waals surface area contributed by atoms with Crippen LogP contribution < -0.4 is 5.32 Å². The number of carbonyl (C=O) groups excluding carboxylic acids is 1. The highest BCUT2D eigenvalue weighted by molar-refractivity contribution is 9.10. The van der Waals surface area contributed by atoms with Gasteiger partial charge in [-0.3, -0.25) is 4.79 Å². The lowest BCUT2D eigenvalue weighted by molar-refractivity contribution is 0.0940. The van der Waals surface area contributed by atoms with Crippen LogP contribution in [0.15, 0.2) is 46.9 Å². The lowest BCUT2D eigenvalue weighted by Gasteiger charge is -2.15. The average molecular weight is 357 g/mol. The molecule has 2 aromatic rings. The van der Waals surface area contributed by atoms with Crippen molar-refractivity contribution in [3.63, 3.8) is 0 Å². The lowest BCUT2D eigenvalue weighted by Crippen LogP contribution is -2.26. The van der Waals surface area contributed by atoms with E-state index in [-0.39, 0.29) is 22.5 Å². The van der Waals surface area contributed by atoms with Crippen molar-refractivity contribution in [2.75, 3.05) is 0 Å². The van der Waals surface area contributed by atoms with E-state index in [2.05, 4.69) is 21.2 Å². The zero-order valence-electron chi connectivity index (χ0n) is 10.7. The summed E-state index contributed by atoms with van der Waals surface area (Å²) in [6.07, 6.45) is 0. The van der Waals surface area contributed by atoms with Crippen molar-refractivity contribution in [1.29, 1.82) is 0 Å². The monoisotopic (exact) mass is 355 g/mol. The topological polar surface area (TPSA) is 29.1 Å². The standard InChI is InChI=1S/C15H12BrClFNO/c1-9(10-2-4-11(16)5-3-10)19-15(20)13-7-6-12(18)8-14(13)17/h2-9H,1H3,(H,19,20). The summed E-state index contributed by atoms with van der Waals surface area (Å²) in [6.45, 7) is 1.87. The van der Waals surface area contributed by atoms with Crippen LogP contribution in [0.3, 0.4) is 0 Å². The van der Waals surface area contributed by atoms with Gasteiger partial charge in [-0.2, -0.15) is 0 Å². The third-order valence-corrected chi connectivity index (χ3v) is 3.73. The van der Waals surface area contributed by atoms with E-state index in [4.69, 9.17) is 11.6 Å². The second kappa shape index (κ2) is 6.37. The molecule has 0 aliphatic carbocycles. The molecule has 104 valence electrons. The maximum atomic E-state index is 13.0. The SMILES string of the molecule is CC(NC(=O)c1ccc(F)cc1Cl)c1ccc(Br)cc1. The fraction of sp³-hybridized carbons (Fsp3) is 0.133. The predicted octanol–water partition coefficient (Wildman–Crippen LogP) is 4.73. The van der Waals surface area contributed by atoms with Gasteiger partial charge in [0, 0.05) is 4.47 Å². The largest absolute Gasteiger partial charge is 0.345 e. The first-order valence-corrected chi connectivity index (χ1v) is 7.16. The first-order valence-electron chi connectivity index (χ1n) is 5.99. The van der Waals surface area contributed by atoms with E-state index in [0.29, 0.717) is 0 Å². The number of benzene rings is 2. The van der Waals surface area contributed by atoms with Crippen LogP contribution in [0.1, 0.15) is 28.9 Å². The van der Waals surface area contributed by atoms with E-state index in [9.17, 15) is 9.18 Å². The number of rotatable bonds is 3. The molecule has 2 aromatic carbocycles. The molecular weight excluding hydrogens is 345 g/mol. The first-order chi connectivity index (χ1) is 9.47. The van der Waals surface area contributed by atoms with Gasteiger partial charge in [0.05, 0.1) is 16.6 Å². The minimum absolute atomic E-state index is 0.102. The summed E-state index contributed by atoms with van der Waals surface area (Å²) in [5.74, 6) is -0.794. The van der Waals surface area contributed by atoms with Crippen molar-refractivity contribution < 1.29 is 9.18 Å². The Morgan fingerprint density at radius 3 is 2.50 bits per heavy atom. The van der Waals surface area contributed by atoms with Gasteiger partial charge in [0.2, 0.25) is 0 Å². The molecule has 1 unspecified atom stereocenters. The number of hydrogen-bond acceptors (Lipinski definition) is 1. The summed E-state index contributed by atoms with van der Waals surface area (Å²) in [5, 5.41) is 2.93. The van der Waals surface area contributed by atoms with Crippen molar-refractivity contribution in [1.82, 2.24) is 5.32 Å². The van der Waals surface area contributed by atoms with Gasteiger partial charge in [-0.05, 0) is 42.8 Å². The summed E-state index contributed by atoms with van der Waals surface area (Å²) in [6, 6.07) is 11.2. The number of amides is 1. The molecule has 1 atom stereocenters. The quantitative estimate of drug-likeness (QED) is 0.846. The number of hydrogen-bond donors (Lipinski definition) is 1. The summed E-state index contributed by atoms with van der Waals surface area (Å²) >= 11 is 9.23. The molecule has 0 saturated carbocycles. The summed E-state index contributed by atoms with van der Waals surface area (Å²) in [7, 11) is 0. The van der Waals surface area contributed by atoms with E-state index < -0.39 is 5.82 Å². The summed E-state index contributed by atoms with van der Waals surface area (Å²) in [5.41, 5.74) is 1.23. The van der Waals surface area contributed by atoms with Gasteiger partial charge >= 0.3 is 0 Å². The Morgan fingerprint density at radius 2 is 1.90 bits per heavy atom. The van der Waals surface area contributed by atoms with E-state index >= 15 is 0 Å². The van der Waals surface area contributed by atoms with Crippen molar-refractivity contribution in [2.45, 2.75) is 13.0 Å². The highest BCUT2D eigenvalue weighted by atomic mass is 79.9. The fourth-order valence-corrected chi connectivity index (χ4v) is 2.30. The van der Waals surface area contributed by atoms with Gasteiger partial charge in [0.25, 0.3) is 5.91 Å². The van der Waals surface area contributed by atoms with Crippen LogP contribution in [0.5, 0.6) is 0 Å². The van der Waals surface area contributed by atoms with Crippen molar-refractivity contribution >= 4 is 33.4 Å². The molecule has 1 amide bonds. The highest BCUT2D eigenvalue weighted by Gasteiger charge is 2.14. The second-order valence-electron chi connectivity index (χ2n) is 4.37. The molecule has 0 aromatic heterocycles.